The van der Waals surface area contributed by atoms with E-state index in [9.17, 15) is 14.4 Å². The lowest BCUT2D eigenvalue weighted by molar-refractivity contribution is 0.0649. The Morgan fingerprint density at radius 2 is 1.64 bits per heavy atom. The van der Waals surface area contributed by atoms with Crippen LogP contribution in [0.4, 0.5) is 0 Å². The van der Waals surface area contributed by atoms with Crippen LogP contribution in [-0.4, -0.2) is 34.3 Å². The van der Waals surface area contributed by atoms with Crippen LogP contribution >= 0.6 is 0 Å². The molecule has 2 rings (SSSR count). The van der Waals surface area contributed by atoms with Crippen molar-refractivity contribution in [1.82, 2.24) is 4.90 Å². The number of carbonyl (C=O) groups is 3. The van der Waals surface area contributed by atoms with Crippen molar-refractivity contribution in [3.63, 3.8) is 0 Å². The molecule has 0 saturated heterocycles. The second kappa shape index (κ2) is 7.20. The minimum absolute atomic E-state index is 0.0290. The van der Waals surface area contributed by atoms with Crippen molar-refractivity contribution in [3.8, 4) is 0 Å². The summed E-state index contributed by atoms with van der Waals surface area (Å²) in [5.74, 6) is -1.79. The zero-order valence-corrected chi connectivity index (χ0v) is 12.8. The molecule has 0 atom stereocenters. The highest BCUT2D eigenvalue weighted by molar-refractivity contribution is 6.21. The van der Waals surface area contributed by atoms with Crippen molar-refractivity contribution < 1.29 is 19.5 Å². The maximum Gasteiger partial charge on any atom is 0.335 e. The molecule has 0 aliphatic carbocycles. The molecule has 1 aliphatic heterocycles. The van der Waals surface area contributed by atoms with E-state index < -0.39 is 5.97 Å². The molecule has 0 bridgehead atoms. The molecule has 5 heteroatoms. The predicted octanol–water partition coefficient (Wildman–Crippen LogP) is 3.34. The van der Waals surface area contributed by atoms with Gasteiger partial charge in [0.1, 0.15) is 0 Å². The SMILES string of the molecule is CCCCCCCCN1C(=O)c2ccc(C(=O)O)cc2C1=O. The average Bonchev–Trinajstić information content (AvgIpc) is 2.74. The second-order valence-corrected chi connectivity index (χ2v) is 5.60. The molecule has 22 heavy (non-hydrogen) atoms. The van der Waals surface area contributed by atoms with Gasteiger partial charge < -0.3 is 5.11 Å². The molecular formula is C17H21NO4. The van der Waals surface area contributed by atoms with E-state index in [4.69, 9.17) is 5.11 Å². The van der Waals surface area contributed by atoms with Gasteiger partial charge in [-0.3, -0.25) is 14.5 Å². The van der Waals surface area contributed by atoms with E-state index in [0.29, 0.717) is 12.1 Å². The van der Waals surface area contributed by atoms with E-state index in [2.05, 4.69) is 6.92 Å². The Morgan fingerprint density at radius 3 is 2.32 bits per heavy atom. The molecular weight excluding hydrogens is 282 g/mol. The van der Waals surface area contributed by atoms with Crippen LogP contribution in [0.3, 0.4) is 0 Å². The number of benzene rings is 1. The van der Waals surface area contributed by atoms with Crippen LogP contribution in [0.5, 0.6) is 0 Å². The molecule has 1 aliphatic rings. The Hall–Kier alpha value is -2.17. The third kappa shape index (κ3) is 3.35. The van der Waals surface area contributed by atoms with E-state index in [1.165, 1.54) is 42.4 Å². The molecule has 0 spiro atoms. The number of imide groups is 1. The number of rotatable bonds is 8. The van der Waals surface area contributed by atoms with Crippen molar-refractivity contribution in [2.75, 3.05) is 6.54 Å². The Bertz CT molecular complexity index is 594. The van der Waals surface area contributed by atoms with Gasteiger partial charge in [-0.15, -0.1) is 0 Å². The van der Waals surface area contributed by atoms with Crippen LogP contribution in [-0.2, 0) is 0 Å². The van der Waals surface area contributed by atoms with Crippen LogP contribution in [0.1, 0.15) is 76.5 Å². The van der Waals surface area contributed by atoms with Crippen molar-refractivity contribution in [2.24, 2.45) is 0 Å². The van der Waals surface area contributed by atoms with Gasteiger partial charge in [-0.2, -0.15) is 0 Å². The molecule has 118 valence electrons. The number of carboxylic acids is 1. The largest absolute Gasteiger partial charge is 0.478 e. The standard InChI is InChI=1S/C17H21NO4/c1-2-3-4-5-6-7-10-18-15(19)13-9-8-12(17(21)22)11-14(13)16(18)20/h8-9,11H,2-7,10H2,1H3,(H,21,22). The minimum Gasteiger partial charge on any atom is -0.478 e. The van der Waals surface area contributed by atoms with E-state index in [1.54, 1.807) is 0 Å². The monoisotopic (exact) mass is 303 g/mol. The summed E-state index contributed by atoms with van der Waals surface area (Å²) >= 11 is 0. The number of unbranched alkanes of at least 4 members (excludes halogenated alkanes) is 5. The fourth-order valence-corrected chi connectivity index (χ4v) is 2.68. The third-order valence-corrected chi connectivity index (χ3v) is 3.95. The van der Waals surface area contributed by atoms with Crippen LogP contribution in [0, 0.1) is 0 Å². The Balaban J connectivity index is 1.97. The van der Waals surface area contributed by atoms with Gasteiger partial charge in [-0.25, -0.2) is 4.79 Å². The first-order valence-corrected chi connectivity index (χ1v) is 7.79. The van der Waals surface area contributed by atoms with Crippen LogP contribution < -0.4 is 0 Å². The summed E-state index contributed by atoms with van der Waals surface area (Å²) in [6, 6.07) is 4.08. The number of hydrogen-bond acceptors (Lipinski definition) is 3. The van der Waals surface area contributed by atoms with Crippen LogP contribution in [0.15, 0.2) is 18.2 Å². The molecule has 0 fully saturated rings. The first kappa shape index (κ1) is 16.2. The summed E-state index contributed by atoms with van der Waals surface area (Å²) in [7, 11) is 0. The summed E-state index contributed by atoms with van der Waals surface area (Å²) in [6.45, 7) is 2.56. The van der Waals surface area contributed by atoms with E-state index in [0.717, 1.165) is 19.3 Å². The Morgan fingerprint density at radius 1 is 1.00 bits per heavy atom. The van der Waals surface area contributed by atoms with Crippen molar-refractivity contribution in [3.05, 3.63) is 34.9 Å². The van der Waals surface area contributed by atoms with Gasteiger partial charge in [0.05, 0.1) is 16.7 Å². The van der Waals surface area contributed by atoms with Crippen molar-refractivity contribution >= 4 is 17.8 Å². The Kier molecular flexibility index (Phi) is 5.31. The van der Waals surface area contributed by atoms with E-state index >= 15 is 0 Å². The highest BCUT2D eigenvalue weighted by Gasteiger charge is 2.35. The molecule has 1 N–H and O–H groups in total. The van der Waals surface area contributed by atoms with Gasteiger partial charge in [0.25, 0.3) is 11.8 Å². The molecule has 0 aromatic heterocycles. The maximum absolute atomic E-state index is 12.3. The fraction of sp³-hybridized carbons (Fsp3) is 0.471. The first-order chi connectivity index (χ1) is 10.6. The van der Waals surface area contributed by atoms with Gasteiger partial charge in [0.15, 0.2) is 0 Å². The van der Waals surface area contributed by atoms with E-state index in [-0.39, 0.29) is 22.9 Å². The lowest BCUT2D eigenvalue weighted by Crippen LogP contribution is -2.30. The molecule has 0 saturated carbocycles. The second-order valence-electron chi connectivity index (χ2n) is 5.60. The third-order valence-electron chi connectivity index (χ3n) is 3.95. The number of carbonyl (C=O) groups excluding carboxylic acids is 2. The number of amides is 2. The number of nitrogens with zero attached hydrogens (tertiary/aromatic N) is 1. The molecule has 0 unspecified atom stereocenters. The van der Waals surface area contributed by atoms with Gasteiger partial charge in [-0.05, 0) is 24.6 Å². The maximum atomic E-state index is 12.3. The zero-order chi connectivity index (χ0) is 16.1. The topological polar surface area (TPSA) is 74.7 Å². The average molecular weight is 303 g/mol. The van der Waals surface area contributed by atoms with Crippen molar-refractivity contribution in [2.45, 2.75) is 45.4 Å². The zero-order valence-electron chi connectivity index (χ0n) is 12.8. The summed E-state index contributed by atoms with van der Waals surface area (Å²) in [5.41, 5.74) is 0.540. The number of fused-ring (bicyclic) bond motifs is 1. The van der Waals surface area contributed by atoms with Crippen LogP contribution in [0.2, 0.25) is 0 Å². The molecule has 1 aromatic carbocycles. The molecule has 2 amide bonds. The number of aromatic carboxylic acids is 1. The van der Waals surface area contributed by atoms with Crippen molar-refractivity contribution in [1.29, 1.82) is 0 Å². The van der Waals surface area contributed by atoms with E-state index in [1.807, 2.05) is 0 Å². The van der Waals surface area contributed by atoms with Gasteiger partial charge in [-0.1, -0.05) is 39.0 Å². The van der Waals surface area contributed by atoms with Gasteiger partial charge in [0, 0.05) is 6.54 Å². The molecule has 0 radical (unpaired) electrons. The van der Waals surface area contributed by atoms with Gasteiger partial charge in [0.2, 0.25) is 0 Å². The highest BCUT2D eigenvalue weighted by Crippen LogP contribution is 2.24. The fourth-order valence-electron chi connectivity index (χ4n) is 2.68. The van der Waals surface area contributed by atoms with Gasteiger partial charge >= 0.3 is 5.97 Å². The summed E-state index contributed by atoms with van der Waals surface area (Å²) in [4.78, 5) is 36.7. The van der Waals surface area contributed by atoms with Crippen LogP contribution in [0.25, 0.3) is 0 Å². The lowest BCUT2D eigenvalue weighted by Gasteiger charge is -2.13. The Labute approximate surface area is 129 Å². The molecule has 1 heterocycles. The normalized spacial score (nSPS) is 13.6. The highest BCUT2D eigenvalue weighted by atomic mass is 16.4. The smallest absolute Gasteiger partial charge is 0.335 e. The lowest BCUT2D eigenvalue weighted by atomic mass is 10.1. The summed E-state index contributed by atoms with van der Waals surface area (Å²) < 4.78 is 0. The molecule has 1 aromatic rings. The molecule has 5 nitrogen and oxygen atoms in total. The summed E-state index contributed by atoms with van der Waals surface area (Å²) in [6.07, 6.45) is 6.48. The summed E-state index contributed by atoms with van der Waals surface area (Å²) in [5, 5.41) is 8.97. The quantitative estimate of drug-likeness (QED) is 0.590. The number of hydrogen-bond donors (Lipinski definition) is 1. The predicted molar refractivity (Wildman–Crippen MR) is 82.1 cm³/mol. The first-order valence-electron chi connectivity index (χ1n) is 7.79. The minimum atomic E-state index is -1.10. The number of carboxylic acid groups (broad SMARTS) is 1.